The van der Waals surface area contributed by atoms with Crippen LogP contribution < -0.4 is 5.32 Å². The van der Waals surface area contributed by atoms with Crippen LogP contribution in [0.2, 0.25) is 0 Å². The summed E-state index contributed by atoms with van der Waals surface area (Å²) in [6, 6.07) is 12.9. The van der Waals surface area contributed by atoms with Crippen LogP contribution in [-0.2, 0) is 40.4 Å². The second-order valence-corrected chi connectivity index (χ2v) is 8.24. The lowest BCUT2D eigenvalue weighted by atomic mass is 9.94. The van der Waals surface area contributed by atoms with Gasteiger partial charge in [0.2, 0.25) is 0 Å². The molecule has 4 rings (SSSR count). The molecule has 3 heterocycles. The van der Waals surface area contributed by atoms with Gasteiger partial charge < -0.3 is 24.1 Å². The monoisotopic (exact) mass is 463 g/mol. The van der Waals surface area contributed by atoms with Crippen LogP contribution in [0.15, 0.2) is 53.1 Å². The third-order valence-electron chi connectivity index (χ3n) is 6.07. The molecule has 1 atom stereocenters. The van der Waals surface area contributed by atoms with Crippen molar-refractivity contribution in [1.29, 1.82) is 0 Å². The summed E-state index contributed by atoms with van der Waals surface area (Å²) in [7, 11) is 3.12. The molecule has 0 spiro atoms. The predicted molar refractivity (Wildman–Crippen MR) is 125 cm³/mol. The fourth-order valence-electron chi connectivity index (χ4n) is 4.29. The SMILES string of the molecule is COCc1ccc(C(=O)NCc2c(C)ncc3c2CCN(C(=O)[C@@H](OC)c2ccccc2)C3)o1. The van der Waals surface area contributed by atoms with Crippen LogP contribution in [0.4, 0.5) is 0 Å². The Labute approximate surface area is 198 Å². The summed E-state index contributed by atoms with van der Waals surface area (Å²) in [5.41, 5.74) is 4.78. The lowest BCUT2D eigenvalue weighted by molar-refractivity contribution is -0.143. The first-order valence-electron chi connectivity index (χ1n) is 11.2. The Kier molecular flexibility index (Phi) is 7.40. The highest BCUT2D eigenvalue weighted by molar-refractivity contribution is 5.91. The third kappa shape index (κ3) is 5.03. The minimum absolute atomic E-state index is 0.0699. The normalized spacial score (nSPS) is 13.9. The number of hydrogen-bond donors (Lipinski definition) is 1. The summed E-state index contributed by atoms with van der Waals surface area (Å²) >= 11 is 0. The van der Waals surface area contributed by atoms with Crippen LogP contribution in [-0.4, -0.2) is 42.5 Å². The molecule has 0 aliphatic carbocycles. The Bertz CT molecular complexity index is 1160. The number of aromatic nitrogens is 1. The van der Waals surface area contributed by atoms with Crippen molar-refractivity contribution < 1.29 is 23.5 Å². The van der Waals surface area contributed by atoms with E-state index in [1.807, 2.05) is 48.4 Å². The number of pyridine rings is 1. The van der Waals surface area contributed by atoms with Gasteiger partial charge in [-0.05, 0) is 47.7 Å². The fourth-order valence-corrected chi connectivity index (χ4v) is 4.29. The molecule has 0 fully saturated rings. The molecule has 0 unspecified atom stereocenters. The number of furan rings is 1. The Morgan fingerprint density at radius 3 is 2.71 bits per heavy atom. The fraction of sp³-hybridized carbons (Fsp3) is 0.346. The number of ether oxygens (including phenoxy) is 2. The van der Waals surface area contributed by atoms with E-state index in [1.54, 1.807) is 26.4 Å². The van der Waals surface area contributed by atoms with Crippen molar-refractivity contribution >= 4 is 11.8 Å². The highest BCUT2D eigenvalue weighted by Crippen LogP contribution is 2.27. The molecule has 1 aromatic carbocycles. The number of methoxy groups -OCH3 is 2. The number of hydrogen-bond acceptors (Lipinski definition) is 6. The molecule has 8 heteroatoms. The number of benzene rings is 1. The molecule has 0 bridgehead atoms. The van der Waals surface area contributed by atoms with Crippen LogP contribution >= 0.6 is 0 Å². The summed E-state index contributed by atoms with van der Waals surface area (Å²) in [6.07, 6.45) is 1.86. The molecular formula is C26H29N3O5. The van der Waals surface area contributed by atoms with Gasteiger partial charge in [0.1, 0.15) is 12.4 Å². The molecular weight excluding hydrogens is 434 g/mol. The van der Waals surface area contributed by atoms with Crippen molar-refractivity contribution in [3.05, 3.63) is 88.1 Å². The minimum Gasteiger partial charge on any atom is -0.453 e. The van der Waals surface area contributed by atoms with Crippen molar-refractivity contribution in [3.8, 4) is 0 Å². The van der Waals surface area contributed by atoms with E-state index < -0.39 is 6.10 Å². The molecule has 1 aliphatic rings. The van der Waals surface area contributed by atoms with Gasteiger partial charge in [0.05, 0.1) is 0 Å². The van der Waals surface area contributed by atoms with E-state index >= 15 is 0 Å². The largest absolute Gasteiger partial charge is 0.453 e. The zero-order valence-corrected chi connectivity index (χ0v) is 19.7. The van der Waals surface area contributed by atoms with E-state index in [-0.39, 0.29) is 17.6 Å². The van der Waals surface area contributed by atoms with Gasteiger partial charge in [0.25, 0.3) is 11.8 Å². The van der Waals surface area contributed by atoms with E-state index in [1.165, 1.54) is 0 Å². The number of carbonyl (C=O) groups excluding carboxylic acids is 2. The van der Waals surface area contributed by atoms with E-state index in [9.17, 15) is 9.59 Å². The summed E-state index contributed by atoms with van der Waals surface area (Å²) in [4.78, 5) is 32.1. The smallest absolute Gasteiger partial charge is 0.287 e. The van der Waals surface area contributed by atoms with Gasteiger partial charge in [-0.15, -0.1) is 0 Å². The highest BCUT2D eigenvalue weighted by atomic mass is 16.5. The zero-order chi connectivity index (χ0) is 24.1. The molecule has 2 amide bonds. The van der Waals surface area contributed by atoms with E-state index in [4.69, 9.17) is 13.9 Å². The van der Waals surface area contributed by atoms with Gasteiger partial charge >= 0.3 is 0 Å². The van der Waals surface area contributed by atoms with Gasteiger partial charge in [-0.1, -0.05) is 30.3 Å². The Morgan fingerprint density at radius 2 is 1.97 bits per heavy atom. The summed E-state index contributed by atoms with van der Waals surface area (Å²) in [5, 5.41) is 2.93. The third-order valence-corrected chi connectivity index (χ3v) is 6.07. The minimum atomic E-state index is -0.642. The van der Waals surface area contributed by atoms with Crippen LogP contribution in [0.5, 0.6) is 0 Å². The van der Waals surface area contributed by atoms with Gasteiger partial charge in [-0.2, -0.15) is 0 Å². The van der Waals surface area contributed by atoms with Gasteiger partial charge in [0, 0.05) is 45.7 Å². The molecule has 34 heavy (non-hydrogen) atoms. The molecule has 1 N–H and O–H groups in total. The van der Waals surface area contributed by atoms with Crippen LogP contribution in [0.1, 0.15) is 50.4 Å². The Balaban J connectivity index is 1.46. The maximum absolute atomic E-state index is 13.2. The van der Waals surface area contributed by atoms with Crippen LogP contribution in [0.3, 0.4) is 0 Å². The lowest BCUT2D eigenvalue weighted by Gasteiger charge is -2.32. The number of carbonyl (C=O) groups is 2. The summed E-state index contributed by atoms with van der Waals surface area (Å²) < 4.78 is 16.1. The van der Waals surface area contributed by atoms with E-state index in [0.29, 0.717) is 38.4 Å². The number of fused-ring (bicyclic) bond motifs is 1. The van der Waals surface area contributed by atoms with Gasteiger partial charge in [-0.25, -0.2) is 0 Å². The molecule has 0 radical (unpaired) electrons. The van der Waals surface area contributed by atoms with Gasteiger partial charge in [0.15, 0.2) is 11.9 Å². The number of nitrogens with zero attached hydrogens (tertiary/aromatic N) is 2. The number of aryl methyl sites for hydroxylation is 1. The second-order valence-electron chi connectivity index (χ2n) is 8.24. The molecule has 0 saturated heterocycles. The maximum atomic E-state index is 13.2. The van der Waals surface area contributed by atoms with Crippen molar-refractivity contribution in [3.63, 3.8) is 0 Å². The molecule has 0 saturated carbocycles. The number of nitrogens with one attached hydrogen (secondary N) is 1. The molecule has 3 aromatic rings. The van der Waals surface area contributed by atoms with Crippen molar-refractivity contribution in [2.24, 2.45) is 0 Å². The average Bonchev–Trinajstić information content (AvgIpc) is 3.33. The molecule has 178 valence electrons. The number of rotatable bonds is 8. The van der Waals surface area contributed by atoms with Crippen molar-refractivity contribution in [2.75, 3.05) is 20.8 Å². The molecule has 1 aliphatic heterocycles. The highest BCUT2D eigenvalue weighted by Gasteiger charge is 2.30. The first kappa shape index (κ1) is 23.7. The Morgan fingerprint density at radius 1 is 1.18 bits per heavy atom. The second kappa shape index (κ2) is 10.6. The predicted octanol–water partition coefficient (Wildman–Crippen LogP) is 3.33. The first-order chi connectivity index (χ1) is 16.5. The number of amides is 2. The Hall–Kier alpha value is -3.49. The summed E-state index contributed by atoms with van der Waals surface area (Å²) in [5.74, 6) is 0.472. The van der Waals surface area contributed by atoms with E-state index in [0.717, 1.165) is 27.9 Å². The summed E-state index contributed by atoms with van der Waals surface area (Å²) in [6.45, 7) is 3.60. The lowest BCUT2D eigenvalue weighted by Crippen LogP contribution is -2.40. The maximum Gasteiger partial charge on any atom is 0.287 e. The van der Waals surface area contributed by atoms with E-state index in [2.05, 4.69) is 10.3 Å². The van der Waals surface area contributed by atoms with Crippen molar-refractivity contribution in [1.82, 2.24) is 15.2 Å². The van der Waals surface area contributed by atoms with Gasteiger partial charge in [-0.3, -0.25) is 14.6 Å². The quantitative estimate of drug-likeness (QED) is 0.551. The standard InChI is InChI=1S/C26H29N3O5/c1-17-22(14-28-25(30)23-10-9-20(34-23)16-32-2)21-11-12-29(15-19(21)13-27-17)26(31)24(33-3)18-7-5-4-6-8-18/h4-10,13,24H,11-12,14-16H2,1-3H3,(H,28,30)/t24-/m0/s1. The zero-order valence-electron chi connectivity index (χ0n) is 19.7. The van der Waals surface area contributed by atoms with Crippen molar-refractivity contribution in [2.45, 2.75) is 39.1 Å². The molecule has 2 aromatic heterocycles. The average molecular weight is 464 g/mol. The van der Waals surface area contributed by atoms with Crippen LogP contribution in [0.25, 0.3) is 0 Å². The topological polar surface area (TPSA) is 93.9 Å². The first-order valence-corrected chi connectivity index (χ1v) is 11.2. The van der Waals surface area contributed by atoms with Crippen LogP contribution in [0, 0.1) is 6.92 Å². The molecule has 8 nitrogen and oxygen atoms in total.